The zero-order valence-electron chi connectivity index (χ0n) is 12.0. The number of hydrogen-bond donors (Lipinski definition) is 0. The SMILES string of the molecule is COc1cc2nc(-c3ccccc3OC)sc2cc1OC. The van der Waals surface area contributed by atoms with Gasteiger partial charge in [0.05, 0.1) is 37.1 Å². The topological polar surface area (TPSA) is 40.6 Å². The van der Waals surface area contributed by atoms with E-state index in [2.05, 4.69) is 4.98 Å². The minimum Gasteiger partial charge on any atom is -0.496 e. The van der Waals surface area contributed by atoms with Crippen molar-refractivity contribution in [1.29, 1.82) is 0 Å². The summed E-state index contributed by atoms with van der Waals surface area (Å²) in [6, 6.07) is 11.7. The van der Waals surface area contributed by atoms with Crippen LogP contribution in [0.5, 0.6) is 17.2 Å². The van der Waals surface area contributed by atoms with Gasteiger partial charge in [0, 0.05) is 12.1 Å². The number of aromatic nitrogens is 1. The van der Waals surface area contributed by atoms with Crippen molar-refractivity contribution in [2.75, 3.05) is 21.3 Å². The average molecular weight is 301 g/mol. The third-order valence-electron chi connectivity index (χ3n) is 3.23. The molecule has 3 rings (SSSR count). The molecular weight excluding hydrogens is 286 g/mol. The van der Waals surface area contributed by atoms with Crippen LogP contribution in [0.25, 0.3) is 20.8 Å². The van der Waals surface area contributed by atoms with Gasteiger partial charge < -0.3 is 14.2 Å². The van der Waals surface area contributed by atoms with Gasteiger partial charge in [0.15, 0.2) is 11.5 Å². The monoisotopic (exact) mass is 301 g/mol. The van der Waals surface area contributed by atoms with E-state index in [1.807, 2.05) is 36.4 Å². The first-order chi connectivity index (χ1) is 10.3. The van der Waals surface area contributed by atoms with E-state index in [-0.39, 0.29) is 0 Å². The summed E-state index contributed by atoms with van der Waals surface area (Å²) in [4.78, 5) is 4.68. The lowest BCUT2D eigenvalue weighted by atomic mass is 10.2. The van der Waals surface area contributed by atoms with Crippen LogP contribution in [0.2, 0.25) is 0 Å². The number of rotatable bonds is 4. The summed E-state index contributed by atoms with van der Waals surface area (Å²) in [5, 5.41) is 0.915. The summed E-state index contributed by atoms with van der Waals surface area (Å²) in [6.45, 7) is 0. The summed E-state index contributed by atoms with van der Waals surface area (Å²) in [6.07, 6.45) is 0. The van der Waals surface area contributed by atoms with E-state index in [1.54, 1.807) is 32.7 Å². The first-order valence-corrected chi connectivity index (χ1v) is 7.24. The molecule has 1 heterocycles. The molecule has 3 aromatic rings. The molecule has 0 unspecified atom stereocenters. The van der Waals surface area contributed by atoms with Crippen molar-refractivity contribution in [3.63, 3.8) is 0 Å². The minimum absolute atomic E-state index is 0.682. The van der Waals surface area contributed by atoms with Crippen molar-refractivity contribution < 1.29 is 14.2 Å². The highest BCUT2D eigenvalue weighted by Crippen LogP contribution is 2.39. The van der Waals surface area contributed by atoms with E-state index in [9.17, 15) is 0 Å². The van der Waals surface area contributed by atoms with Crippen LogP contribution in [0.4, 0.5) is 0 Å². The fourth-order valence-corrected chi connectivity index (χ4v) is 3.20. The van der Waals surface area contributed by atoms with E-state index in [1.165, 1.54) is 0 Å². The van der Waals surface area contributed by atoms with Crippen molar-refractivity contribution >= 4 is 21.6 Å². The van der Waals surface area contributed by atoms with Gasteiger partial charge in [0.1, 0.15) is 10.8 Å². The molecule has 108 valence electrons. The molecule has 0 saturated carbocycles. The van der Waals surface area contributed by atoms with Crippen LogP contribution in [0.15, 0.2) is 36.4 Å². The Bertz CT molecular complexity index is 741. The number of hydrogen-bond acceptors (Lipinski definition) is 5. The summed E-state index contributed by atoms with van der Waals surface area (Å²) in [5.74, 6) is 2.21. The van der Waals surface area contributed by atoms with E-state index in [0.29, 0.717) is 11.5 Å². The molecule has 0 aliphatic rings. The van der Waals surface area contributed by atoms with Crippen LogP contribution >= 0.6 is 11.3 Å². The number of fused-ring (bicyclic) bond motifs is 1. The Balaban J connectivity index is 2.17. The van der Waals surface area contributed by atoms with Crippen LogP contribution < -0.4 is 14.2 Å². The van der Waals surface area contributed by atoms with Gasteiger partial charge >= 0.3 is 0 Å². The molecule has 0 aliphatic heterocycles. The molecule has 0 N–H and O–H groups in total. The lowest BCUT2D eigenvalue weighted by Crippen LogP contribution is -1.89. The summed E-state index contributed by atoms with van der Waals surface area (Å²) in [7, 11) is 4.92. The summed E-state index contributed by atoms with van der Waals surface area (Å²) < 4.78 is 17.1. The Hall–Kier alpha value is -2.27. The molecule has 0 saturated heterocycles. The third-order valence-corrected chi connectivity index (χ3v) is 4.28. The van der Waals surface area contributed by atoms with Gasteiger partial charge in [-0.05, 0) is 12.1 Å². The Morgan fingerprint density at radius 2 is 1.52 bits per heavy atom. The normalized spacial score (nSPS) is 10.6. The second kappa shape index (κ2) is 5.61. The number of benzene rings is 2. The lowest BCUT2D eigenvalue weighted by Gasteiger charge is -2.05. The maximum absolute atomic E-state index is 5.40. The van der Waals surface area contributed by atoms with Crippen LogP contribution in [0.3, 0.4) is 0 Å². The number of ether oxygens (including phenoxy) is 3. The van der Waals surface area contributed by atoms with Crippen molar-refractivity contribution in [2.45, 2.75) is 0 Å². The Morgan fingerprint density at radius 3 is 2.24 bits per heavy atom. The molecule has 5 heteroatoms. The zero-order valence-corrected chi connectivity index (χ0v) is 12.9. The van der Waals surface area contributed by atoms with Crippen LogP contribution in [0.1, 0.15) is 0 Å². The highest BCUT2D eigenvalue weighted by atomic mass is 32.1. The largest absolute Gasteiger partial charge is 0.496 e. The van der Waals surface area contributed by atoms with Gasteiger partial charge in [-0.15, -0.1) is 11.3 Å². The lowest BCUT2D eigenvalue weighted by molar-refractivity contribution is 0.356. The maximum Gasteiger partial charge on any atom is 0.162 e. The van der Waals surface area contributed by atoms with Gasteiger partial charge in [-0.2, -0.15) is 0 Å². The summed E-state index contributed by atoms with van der Waals surface area (Å²) in [5.41, 5.74) is 1.87. The molecular formula is C16H15NO3S. The van der Waals surface area contributed by atoms with Crippen molar-refractivity contribution in [1.82, 2.24) is 4.98 Å². The number of thiazole rings is 1. The first kappa shape index (κ1) is 13.7. The minimum atomic E-state index is 0.682. The average Bonchev–Trinajstić information content (AvgIpc) is 2.95. The third kappa shape index (κ3) is 2.40. The van der Waals surface area contributed by atoms with Gasteiger partial charge in [0.2, 0.25) is 0 Å². The first-order valence-electron chi connectivity index (χ1n) is 6.42. The van der Waals surface area contributed by atoms with E-state index in [0.717, 1.165) is 26.5 Å². The molecule has 0 bridgehead atoms. The highest BCUT2D eigenvalue weighted by Gasteiger charge is 2.13. The Morgan fingerprint density at radius 1 is 0.857 bits per heavy atom. The standard InChI is InChI=1S/C16H15NO3S/c1-18-12-7-5-4-6-10(12)16-17-11-8-13(19-2)14(20-3)9-15(11)21-16/h4-9H,1-3H3. The second-order valence-corrected chi connectivity index (χ2v) is 5.42. The molecule has 2 aromatic carbocycles. The van der Waals surface area contributed by atoms with Crippen molar-refractivity contribution in [3.8, 4) is 27.8 Å². The van der Waals surface area contributed by atoms with E-state index < -0.39 is 0 Å². The predicted octanol–water partition coefficient (Wildman–Crippen LogP) is 3.99. The molecule has 0 atom stereocenters. The van der Waals surface area contributed by atoms with E-state index in [4.69, 9.17) is 14.2 Å². The number of nitrogens with zero attached hydrogens (tertiary/aromatic N) is 1. The van der Waals surface area contributed by atoms with Gasteiger partial charge in [-0.1, -0.05) is 12.1 Å². The molecule has 4 nitrogen and oxygen atoms in total. The Kier molecular flexibility index (Phi) is 3.66. The smallest absolute Gasteiger partial charge is 0.162 e. The Labute approximate surface area is 126 Å². The molecule has 21 heavy (non-hydrogen) atoms. The molecule has 0 amide bonds. The zero-order chi connectivity index (χ0) is 14.8. The van der Waals surface area contributed by atoms with Gasteiger partial charge in [-0.3, -0.25) is 0 Å². The van der Waals surface area contributed by atoms with Crippen LogP contribution in [0, 0.1) is 0 Å². The van der Waals surface area contributed by atoms with Gasteiger partial charge in [-0.25, -0.2) is 4.98 Å². The highest BCUT2D eigenvalue weighted by molar-refractivity contribution is 7.21. The molecule has 0 aliphatic carbocycles. The van der Waals surface area contributed by atoms with Crippen LogP contribution in [-0.4, -0.2) is 26.3 Å². The molecule has 0 spiro atoms. The van der Waals surface area contributed by atoms with Gasteiger partial charge in [0.25, 0.3) is 0 Å². The fraction of sp³-hybridized carbons (Fsp3) is 0.188. The summed E-state index contributed by atoms with van der Waals surface area (Å²) >= 11 is 1.60. The second-order valence-electron chi connectivity index (χ2n) is 4.39. The number of methoxy groups -OCH3 is 3. The fourth-order valence-electron chi connectivity index (χ4n) is 2.19. The van der Waals surface area contributed by atoms with Crippen molar-refractivity contribution in [3.05, 3.63) is 36.4 Å². The van der Waals surface area contributed by atoms with E-state index >= 15 is 0 Å². The maximum atomic E-state index is 5.40. The van der Waals surface area contributed by atoms with Crippen molar-refractivity contribution in [2.24, 2.45) is 0 Å². The molecule has 1 aromatic heterocycles. The molecule has 0 radical (unpaired) electrons. The van der Waals surface area contributed by atoms with Crippen LogP contribution in [-0.2, 0) is 0 Å². The quantitative estimate of drug-likeness (QED) is 0.730. The predicted molar refractivity (Wildman–Crippen MR) is 84.7 cm³/mol. The number of para-hydroxylation sites is 1. The molecule has 0 fully saturated rings.